The predicted octanol–water partition coefficient (Wildman–Crippen LogP) is 3.74. The Bertz CT molecular complexity index is 639. The number of carboxylic acid groups (broad SMARTS) is 1. The van der Waals surface area contributed by atoms with Crippen molar-refractivity contribution in [1.29, 1.82) is 0 Å². The number of aryl methyl sites for hydroxylation is 1. The molecule has 4 nitrogen and oxygen atoms in total. The number of aromatic carboxylic acids is 1. The third-order valence-electron chi connectivity index (χ3n) is 3.00. The van der Waals surface area contributed by atoms with E-state index >= 15 is 0 Å². The van der Waals surface area contributed by atoms with Crippen molar-refractivity contribution in [3.8, 4) is 0 Å². The maximum atomic E-state index is 11.2. The van der Waals surface area contributed by atoms with Crippen LogP contribution in [0.15, 0.2) is 41.3 Å². The van der Waals surface area contributed by atoms with Gasteiger partial charge in [0.15, 0.2) is 0 Å². The van der Waals surface area contributed by atoms with E-state index in [0.29, 0.717) is 11.4 Å². The van der Waals surface area contributed by atoms with Gasteiger partial charge >= 0.3 is 5.97 Å². The molecule has 2 aromatic carbocycles. The molecule has 104 valence electrons. The van der Waals surface area contributed by atoms with E-state index in [1.165, 1.54) is 4.90 Å². The molecule has 2 aromatic rings. The van der Waals surface area contributed by atoms with Gasteiger partial charge in [0.2, 0.25) is 0 Å². The molecule has 0 radical (unpaired) electrons. The van der Waals surface area contributed by atoms with E-state index in [9.17, 15) is 4.79 Å². The van der Waals surface area contributed by atoms with Crippen molar-refractivity contribution in [3.05, 3.63) is 47.5 Å². The topological polar surface area (TPSA) is 75.3 Å². The zero-order valence-electron chi connectivity index (χ0n) is 11.3. The van der Waals surface area contributed by atoms with E-state index in [-0.39, 0.29) is 5.56 Å². The number of nitrogens with one attached hydrogen (secondary N) is 1. The van der Waals surface area contributed by atoms with Crippen LogP contribution >= 0.6 is 11.8 Å². The van der Waals surface area contributed by atoms with E-state index in [0.717, 1.165) is 11.3 Å². The molecule has 0 aromatic heterocycles. The number of nitrogens with two attached hydrogens (primary N) is 1. The van der Waals surface area contributed by atoms with Crippen molar-refractivity contribution in [2.24, 2.45) is 0 Å². The standard InChI is InChI=1S/C15H16N2O2S/c1-9-7-11(8-13(14(9)16)15(18)19)17-10-3-5-12(20-2)6-4-10/h3-8,17H,16H2,1-2H3,(H,18,19). The third-order valence-corrected chi connectivity index (χ3v) is 3.74. The summed E-state index contributed by atoms with van der Waals surface area (Å²) in [5.41, 5.74) is 8.56. The highest BCUT2D eigenvalue weighted by atomic mass is 32.2. The third kappa shape index (κ3) is 3.05. The van der Waals surface area contributed by atoms with Crippen molar-refractivity contribution in [3.63, 3.8) is 0 Å². The van der Waals surface area contributed by atoms with E-state index in [2.05, 4.69) is 5.32 Å². The molecule has 0 amide bonds. The Kier molecular flexibility index (Phi) is 4.20. The molecule has 0 spiro atoms. The molecule has 0 fully saturated rings. The van der Waals surface area contributed by atoms with Gasteiger partial charge in [-0.1, -0.05) is 0 Å². The summed E-state index contributed by atoms with van der Waals surface area (Å²) >= 11 is 1.67. The summed E-state index contributed by atoms with van der Waals surface area (Å²) in [7, 11) is 0. The zero-order valence-corrected chi connectivity index (χ0v) is 12.1. The molecule has 0 aliphatic rings. The molecule has 0 aliphatic heterocycles. The number of rotatable bonds is 4. The Morgan fingerprint density at radius 2 is 1.85 bits per heavy atom. The number of carbonyl (C=O) groups is 1. The Morgan fingerprint density at radius 1 is 1.20 bits per heavy atom. The molecule has 2 rings (SSSR count). The van der Waals surface area contributed by atoms with Crippen molar-refractivity contribution in [2.45, 2.75) is 11.8 Å². The lowest BCUT2D eigenvalue weighted by Gasteiger charge is -2.11. The molecule has 0 aliphatic carbocycles. The number of nitrogen functional groups attached to an aromatic ring is 1. The number of thioether (sulfide) groups is 1. The van der Waals surface area contributed by atoms with E-state index < -0.39 is 5.97 Å². The minimum absolute atomic E-state index is 0.119. The van der Waals surface area contributed by atoms with Crippen LogP contribution in [-0.2, 0) is 0 Å². The van der Waals surface area contributed by atoms with Crippen LogP contribution in [0, 0.1) is 6.92 Å². The number of carboxylic acids is 1. The normalized spacial score (nSPS) is 10.3. The molecule has 0 heterocycles. The monoisotopic (exact) mass is 288 g/mol. The van der Waals surface area contributed by atoms with Gasteiger partial charge < -0.3 is 16.2 Å². The first-order valence-electron chi connectivity index (χ1n) is 6.05. The molecule has 0 unspecified atom stereocenters. The van der Waals surface area contributed by atoms with Crippen LogP contribution < -0.4 is 11.1 Å². The summed E-state index contributed by atoms with van der Waals surface area (Å²) in [6.45, 7) is 1.80. The zero-order chi connectivity index (χ0) is 14.7. The summed E-state index contributed by atoms with van der Waals surface area (Å²) in [4.78, 5) is 12.3. The quantitative estimate of drug-likeness (QED) is 0.590. The number of benzene rings is 2. The first-order chi connectivity index (χ1) is 9.51. The predicted molar refractivity (Wildman–Crippen MR) is 84.1 cm³/mol. The van der Waals surface area contributed by atoms with Gasteiger partial charge in [-0.3, -0.25) is 0 Å². The van der Waals surface area contributed by atoms with Crippen molar-refractivity contribution in [1.82, 2.24) is 0 Å². The van der Waals surface area contributed by atoms with Crippen LogP contribution in [0.4, 0.5) is 17.1 Å². The molecule has 0 saturated heterocycles. The summed E-state index contributed by atoms with van der Waals surface area (Å²) in [5.74, 6) is -1.02. The lowest BCUT2D eigenvalue weighted by molar-refractivity contribution is 0.0698. The largest absolute Gasteiger partial charge is 0.478 e. The summed E-state index contributed by atoms with van der Waals surface area (Å²) in [6.07, 6.45) is 2.02. The van der Waals surface area contributed by atoms with Gasteiger partial charge in [-0.25, -0.2) is 4.79 Å². The van der Waals surface area contributed by atoms with Crippen LogP contribution in [0.1, 0.15) is 15.9 Å². The average molecular weight is 288 g/mol. The second kappa shape index (κ2) is 5.88. The van der Waals surface area contributed by atoms with Crippen molar-refractivity contribution < 1.29 is 9.90 Å². The molecular weight excluding hydrogens is 272 g/mol. The van der Waals surface area contributed by atoms with Gasteiger partial charge in [-0.05, 0) is 55.1 Å². The Morgan fingerprint density at radius 3 is 2.40 bits per heavy atom. The lowest BCUT2D eigenvalue weighted by atomic mass is 10.1. The van der Waals surface area contributed by atoms with Gasteiger partial charge in [-0.2, -0.15) is 0 Å². The highest BCUT2D eigenvalue weighted by Gasteiger charge is 2.11. The molecule has 5 heteroatoms. The fourth-order valence-electron chi connectivity index (χ4n) is 1.89. The second-order valence-electron chi connectivity index (χ2n) is 4.41. The van der Waals surface area contributed by atoms with Crippen LogP contribution in [0.25, 0.3) is 0 Å². The summed E-state index contributed by atoms with van der Waals surface area (Å²) < 4.78 is 0. The maximum absolute atomic E-state index is 11.2. The van der Waals surface area contributed by atoms with E-state index in [1.807, 2.05) is 36.6 Å². The Labute approximate surface area is 122 Å². The smallest absolute Gasteiger partial charge is 0.337 e. The Hall–Kier alpha value is -2.14. The molecule has 0 atom stereocenters. The van der Waals surface area contributed by atoms with Gasteiger partial charge in [-0.15, -0.1) is 11.8 Å². The first kappa shape index (κ1) is 14.3. The fraction of sp³-hybridized carbons (Fsp3) is 0.133. The van der Waals surface area contributed by atoms with Crippen molar-refractivity contribution in [2.75, 3.05) is 17.3 Å². The van der Waals surface area contributed by atoms with Crippen LogP contribution in [-0.4, -0.2) is 17.3 Å². The minimum atomic E-state index is -1.02. The lowest BCUT2D eigenvalue weighted by Crippen LogP contribution is -2.05. The van der Waals surface area contributed by atoms with Crippen molar-refractivity contribution >= 4 is 34.8 Å². The second-order valence-corrected chi connectivity index (χ2v) is 5.29. The number of hydrogen-bond acceptors (Lipinski definition) is 4. The highest BCUT2D eigenvalue weighted by molar-refractivity contribution is 7.98. The highest BCUT2D eigenvalue weighted by Crippen LogP contribution is 2.26. The van der Waals surface area contributed by atoms with Gasteiger partial charge in [0.05, 0.1) is 5.56 Å². The molecule has 4 N–H and O–H groups in total. The average Bonchev–Trinajstić information content (AvgIpc) is 2.43. The molecule has 0 saturated carbocycles. The maximum Gasteiger partial charge on any atom is 0.337 e. The number of anilines is 3. The number of hydrogen-bond donors (Lipinski definition) is 3. The summed E-state index contributed by atoms with van der Waals surface area (Å²) in [5, 5.41) is 12.3. The molecule has 0 bridgehead atoms. The summed E-state index contributed by atoms with van der Waals surface area (Å²) in [6, 6.07) is 11.3. The van der Waals surface area contributed by atoms with E-state index in [1.54, 1.807) is 24.8 Å². The Balaban J connectivity index is 2.31. The first-order valence-corrected chi connectivity index (χ1v) is 7.28. The van der Waals surface area contributed by atoms with Gasteiger partial charge in [0.1, 0.15) is 0 Å². The van der Waals surface area contributed by atoms with Crippen LogP contribution in [0.2, 0.25) is 0 Å². The molecular formula is C15H16N2O2S. The van der Waals surface area contributed by atoms with Gasteiger partial charge in [0.25, 0.3) is 0 Å². The minimum Gasteiger partial charge on any atom is -0.478 e. The fourth-order valence-corrected chi connectivity index (χ4v) is 2.30. The van der Waals surface area contributed by atoms with E-state index in [4.69, 9.17) is 10.8 Å². The van der Waals surface area contributed by atoms with Crippen LogP contribution in [0.5, 0.6) is 0 Å². The molecule has 20 heavy (non-hydrogen) atoms. The SMILES string of the molecule is CSc1ccc(Nc2cc(C)c(N)c(C(=O)O)c2)cc1. The van der Waals surface area contributed by atoms with Gasteiger partial charge in [0, 0.05) is 22.0 Å². The van der Waals surface area contributed by atoms with Crippen LogP contribution in [0.3, 0.4) is 0 Å².